The number of aryl methyl sites for hydroxylation is 2. The molecule has 4 rings (SSSR count). The van der Waals surface area contributed by atoms with Crippen molar-refractivity contribution in [2.24, 2.45) is 0 Å². The molecule has 0 radical (unpaired) electrons. The number of aromatic nitrogens is 2. The molecule has 33 heavy (non-hydrogen) atoms. The number of thiophene rings is 1. The predicted octanol–water partition coefficient (Wildman–Crippen LogP) is 4.39. The third-order valence-corrected chi connectivity index (χ3v) is 7.82. The summed E-state index contributed by atoms with van der Waals surface area (Å²) in [5.74, 6) is -0.0495. The summed E-state index contributed by atoms with van der Waals surface area (Å²) in [6, 6.07) is 4.02. The fraction of sp³-hybridized carbons (Fsp3) is 0.409. The van der Waals surface area contributed by atoms with E-state index in [2.05, 4.69) is 5.32 Å². The van der Waals surface area contributed by atoms with Crippen LogP contribution in [0.5, 0.6) is 5.75 Å². The number of ether oxygens (including phenoxy) is 1. The smallest absolute Gasteiger partial charge is 0.271 e. The average molecular weight is 489 g/mol. The number of nitrogens with one attached hydrogen (secondary N) is 1. The summed E-state index contributed by atoms with van der Waals surface area (Å²) >= 11 is 2.77. The van der Waals surface area contributed by atoms with E-state index in [9.17, 15) is 19.7 Å². The van der Waals surface area contributed by atoms with Crippen LogP contribution in [0.3, 0.4) is 0 Å². The Morgan fingerprint density at radius 2 is 2.21 bits per heavy atom. The van der Waals surface area contributed by atoms with Crippen LogP contribution in [0.25, 0.3) is 10.2 Å². The van der Waals surface area contributed by atoms with Crippen molar-refractivity contribution in [3.63, 3.8) is 0 Å². The van der Waals surface area contributed by atoms with E-state index >= 15 is 0 Å². The number of carbonyl (C=O) groups is 1. The summed E-state index contributed by atoms with van der Waals surface area (Å²) in [7, 11) is 1.43. The van der Waals surface area contributed by atoms with Crippen molar-refractivity contribution in [3.8, 4) is 5.75 Å². The number of carbonyl (C=O) groups excluding carboxylic acids is 1. The van der Waals surface area contributed by atoms with Gasteiger partial charge in [-0.1, -0.05) is 18.7 Å². The Morgan fingerprint density at radius 3 is 2.91 bits per heavy atom. The zero-order valence-corrected chi connectivity index (χ0v) is 20.2. The molecule has 1 unspecified atom stereocenters. The minimum absolute atomic E-state index is 0.0447. The first-order valence-corrected chi connectivity index (χ1v) is 12.4. The Hall–Kier alpha value is -2.92. The number of thioether (sulfide) groups is 1. The number of nitro groups is 1. The average Bonchev–Trinajstić information content (AvgIpc) is 3.37. The van der Waals surface area contributed by atoms with Gasteiger partial charge >= 0.3 is 0 Å². The lowest BCUT2D eigenvalue weighted by Gasteiger charge is -2.16. The maximum Gasteiger partial charge on any atom is 0.271 e. The molecule has 174 valence electrons. The van der Waals surface area contributed by atoms with Crippen LogP contribution in [0.1, 0.15) is 37.1 Å². The Bertz CT molecular complexity index is 1300. The predicted molar refractivity (Wildman–Crippen MR) is 130 cm³/mol. The van der Waals surface area contributed by atoms with Crippen LogP contribution in [0.4, 0.5) is 11.4 Å². The number of hydrogen-bond acceptors (Lipinski definition) is 8. The summed E-state index contributed by atoms with van der Waals surface area (Å²) < 4.78 is 6.89. The normalized spacial score (nSPS) is 13.7. The van der Waals surface area contributed by atoms with Gasteiger partial charge in [-0.2, -0.15) is 0 Å². The van der Waals surface area contributed by atoms with Crippen LogP contribution in [0, 0.1) is 10.1 Å². The van der Waals surface area contributed by atoms with Crippen molar-refractivity contribution in [2.45, 2.75) is 56.5 Å². The summed E-state index contributed by atoms with van der Waals surface area (Å²) in [6.45, 7) is 4.22. The van der Waals surface area contributed by atoms with Crippen LogP contribution in [-0.4, -0.2) is 32.7 Å². The topological polar surface area (TPSA) is 116 Å². The Morgan fingerprint density at radius 1 is 1.42 bits per heavy atom. The Balaban J connectivity index is 1.62. The van der Waals surface area contributed by atoms with E-state index in [1.54, 1.807) is 22.8 Å². The molecule has 1 N–H and O–H groups in total. The van der Waals surface area contributed by atoms with Gasteiger partial charge in [0.2, 0.25) is 5.91 Å². The first kappa shape index (κ1) is 23.2. The minimum Gasteiger partial charge on any atom is -0.495 e. The lowest BCUT2D eigenvalue weighted by Crippen LogP contribution is -2.27. The van der Waals surface area contributed by atoms with Crippen molar-refractivity contribution in [1.29, 1.82) is 0 Å². The van der Waals surface area contributed by atoms with Gasteiger partial charge in [0.1, 0.15) is 10.6 Å². The van der Waals surface area contributed by atoms with Crippen molar-refractivity contribution < 1.29 is 14.5 Å². The first-order chi connectivity index (χ1) is 15.8. The second kappa shape index (κ2) is 9.52. The van der Waals surface area contributed by atoms with Crippen LogP contribution >= 0.6 is 23.1 Å². The fourth-order valence-corrected chi connectivity index (χ4v) is 6.16. The second-order valence-electron chi connectivity index (χ2n) is 7.78. The van der Waals surface area contributed by atoms with E-state index in [0.717, 1.165) is 41.5 Å². The molecule has 11 heteroatoms. The Labute approximate surface area is 198 Å². The van der Waals surface area contributed by atoms with Gasteiger partial charge in [-0.05, 0) is 44.2 Å². The highest BCUT2D eigenvalue weighted by Crippen LogP contribution is 2.36. The number of non-ortho nitro benzene ring substituents is 1. The standard InChI is InChI=1S/C22H24N4O5S2/c1-4-10-25-21(28)18-14-6-5-7-17(14)33-20(18)24-22(25)32-12(2)19(27)23-15-11-13(26(29)30)8-9-16(15)31-3/h8-9,11-12H,4-7,10H2,1-3H3,(H,23,27). The van der Waals surface area contributed by atoms with Crippen LogP contribution in [-0.2, 0) is 24.2 Å². The van der Waals surface area contributed by atoms with Crippen LogP contribution < -0.4 is 15.6 Å². The molecule has 2 aromatic heterocycles. The molecule has 0 saturated carbocycles. The third kappa shape index (κ3) is 4.47. The number of nitrogens with zero attached hydrogens (tertiary/aromatic N) is 3. The van der Waals surface area contributed by atoms with E-state index < -0.39 is 10.2 Å². The summed E-state index contributed by atoms with van der Waals surface area (Å²) in [6.07, 6.45) is 3.72. The van der Waals surface area contributed by atoms with Gasteiger partial charge in [0, 0.05) is 23.6 Å². The van der Waals surface area contributed by atoms with Crippen molar-refractivity contribution in [2.75, 3.05) is 12.4 Å². The molecule has 1 aliphatic carbocycles. The molecule has 0 bridgehead atoms. The molecule has 1 atom stereocenters. The number of hydrogen-bond donors (Lipinski definition) is 1. The molecular weight excluding hydrogens is 464 g/mol. The number of methoxy groups -OCH3 is 1. The quantitative estimate of drug-likeness (QED) is 0.216. The van der Waals surface area contributed by atoms with E-state index in [0.29, 0.717) is 17.5 Å². The highest BCUT2D eigenvalue weighted by molar-refractivity contribution is 8.00. The molecule has 9 nitrogen and oxygen atoms in total. The molecule has 0 aliphatic heterocycles. The van der Waals surface area contributed by atoms with E-state index in [1.165, 1.54) is 41.9 Å². The minimum atomic E-state index is -0.603. The lowest BCUT2D eigenvalue weighted by atomic mass is 10.2. The molecule has 0 saturated heterocycles. The number of amides is 1. The van der Waals surface area contributed by atoms with Crippen molar-refractivity contribution in [1.82, 2.24) is 9.55 Å². The van der Waals surface area contributed by atoms with Gasteiger partial charge in [-0.3, -0.25) is 24.3 Å². The van der Waals surface area contributed by atoms with E-state index in [4.69, 9.17) is 9.72 Å². The molecule has 0 fully saturated rings. The summed E-state index contributed by atoms with van der Waals surface area (Å²) in [5.41, 5.74) is 1.16. The molecule has 1 aliphatic rings. The maximum atomic E-state index is 13.3. The number of anilines is 1. The van der Waals surface area contributed by atoms with E-state index in [-0.39, 0.29) is 22.8 Å². The zero-order chi connectivity index (χ0) is 23.7. The van der Waals surface area contributed by atoms with Crippen LogP contribution in [0.2, 0.25) is 0 Å². The first-order valence-electron chi connectivity index (χ1n) is 10.7. The zero-order valence-electron chi connectivity index (χ0n) is 18.5. The highest BCUT2D eigenvalue weighted by atomic mass is 32.2. The van der Waals surface area contributed by atoms with Gasteiger partial charge in [-0.15, -0.1) is 11.3 Å². The van der Waals surface area contributed by atoms with Gasteiger partial charge in [-0.25, -0.2) is 4.98 Å². The molecule has 1 aromatic carbocycles. The second-order valence-corrected chi connectivity index (χ2v) is 10.2. The molecular formula is C22H24N4O5S2. The van der Waals surface area contributed by atoms with Crippen LogP contribution in [0.15, 0.2) is 28.2 Å². The monoisotopic (exact) mass is 488 g/mol. The van der Waals surface area contributed by atoms with Gasteiger partial charge in [0.25, 0.3) is 11.2 Å². The lowest BCUT2D eigenvalue weighted by molar-refractivity contribution is -0.384. The summed E-state index contributed by atoms with van der Waals surface area (Å²) in [4.78, 5) is 43.6. The molecule has 1 amide bonds. The third-order valence-electron chi connectivity index (χ3n) is 5.54. The van der Waals surface area contributed by atoms with E-state index in [1.807, 2.05) is 6.92 Å². The number of benzene rings is 1. The number of rotatable bonds is 8. The largest absolute Gasteiger partial charge is 0.495 e. The van der Waals surface area contributed by atoms with Gasteiger partial charge < -0.3 is 10.1 Å². The van der Waals surface area contributed by atoms with Gasteiger partial charge in [0.05, 0.1) is 28.4 Å². The summed E-state index contributed by atoms with van der Waals surface area (Å²) in [5, 5.41) is 14.4. The van der Waals surface area contributed by atoms with Crippen molar-refractivity contribution >= 4 is 50.6 Å². The number of nitro benzene ring substituents is 1. The Kier molecular flexibility index (Phi) is 6.71. The SMILES string of the molecule is CCCn1c(SC(C)C(=O)Nc2cc([N+](=O)[O-])ccc2OC)nc2sc3c(c2c1=O)CCC3. The number of fused-ring (bicyclic) bond motifs is 3. The maximum absolute atomic E-state index is 13.3. The molecule has 3 aromatic rings. The highest BCUT2D eigenvalue weighted by Gasteiger charge is 2.25. The molecule has 2 heterocycles. The fourth-order valence-electron chi connectivity index (χ4n) is 3.92. The van der Waals surface area contributed by atoms with Gasteiger partial charge in [0.15, 0.2) is 5.16 Å². The van der Waals surface area contributed by atoms with Crippen molar-refractivity contribution in [3.05, 3.63) is 49.1 Å². The molecule has 0 spiro atoms.